The van der Waals surface area contributed by atoms with Crippen LogP contribution >= 0.6 is 0 Å². The third-order valence-corrected chi connectivity index (χ3v) is 4.78. The average molecular weight is 321 g/mol. The summed E-state index contributed by atoms with van der Waals surface area (Å²) in [7, 11) is 0. The molecule has 1 atom stereocenters. The second-order valence-corrected chi connectivity index (χ2v) is 6.46. The number of hydrogen-bond acceptors (Lipinski definition) is 3. The Kier molecular flexibility index (Phi) is 4.06. The quantitative estimate of drug-likeness (QED) is 0.624. The van der Waals surface area contributed by atoms with Crippen LogP contribution in [0.5, 0.6) is 0 Å². The van der Waals surface area contributed by atoms with Crippen LogP contribution < -0.4 is 0 Å². The average Bonchev–Trinajstić information content (AvgIpc) is 2.59. The van der Waals surface area contributed by atoms with Crippen LogP contribution in [0.15, 0.2) is 54.1 Å². The molecule has 1 aliphatic carbocycles. The fourth-order valence-electron chi connectivity index (χ4n) is 3.39. The van der Waals surface area contributed by atoms with E-state index in [1.54, 1.807) is 6.92 Å². The van der Waals surface area contributed by atoms with Gasteiger partial charge in [-0.1, -0.05) is 42.5 Å². The van der Waals surface area contributed by atoms with Gasteiger partial charge in [-0.05, 0) is 53.8 Å². The van der Waals surface area contributed by atoms with Crippen molar-refractivity contribution >= 4 is 11.9 Å². The summed E-state index contributed by atoms with van der Waals surface area (Å²) < 4.78 is 0. The second kappa shape index (κ2) is 6.04. The van der Waals surface area contributed by atoms with E-state index in [9.17, 15) is 14.9 Å². The molecule has 2 aromatic carbocycles. The number of carbonyl (C=O) groups is 1. The molecule has 0 spiro atoms. The van der Waals surface area contributed by atoms with Gasteiger partial charge < -0.3 is 0 Å². The smallest absolute Gasteiger partial charge is 0.205 e. The summed E-state index contributed by atoms with van der Waals surface area (Å²) in [4.78, 5) is 23.3. The number of Topliss-reactive ketones (excluding diaryl/α,β-unsaturated/α-hetero) is 1. The first-order chi connectivity index (χ1) is 11.4. The van der Waals surface area contributed by atoms with Crippen LogP contribution in [-0.2, 0) is 10.2 Å². The summed E-state index contributed by atoms with van der Waals surface area (Å²) in [5.74, 6) is -0.0259. The fourth-order valence-corrected chi connectivity index (χ4v) is 3.39. The maximum Gasteiger partial charge on any atom is 0.205 e. The predicted octanol–water partition coefficient (Wildman–Crippen LogP) is 4.26. The Bertz CT molecular complexity index is 839. The molecule has 0 fully saturated rings. The monoisotopic (exact) mass is 321 g/mol. The van der Waals surface area contributed by atoms with Crippen molar-refractivity contribution < 1.29 is 9.72 Å². The zero-order valence-electron chi connectivity index (χ0n) is 13.8. The van der Waals surface area contributed by atoms with Gasteiger partial charge in [0, 0.05) is 11.3 Å². The zero-order valence-corrected chi connectivity index (χ0v) is 13.8. The molecule has 0 aromatic heterocycles. The number of nitro groups is 1. The predicted molar refractivity (Wildman–Crippen MR) is 94.4 cm³/mol. The molecule has 4 heteroatoms. The summed E-state index contributed by atoms with van der Waals surface area (Å²) in [6, 6.07) is 16.0. The molecule has 0 saturated carbocycles. The van der Waals surface area contributed by atoms with E-state index < -0.39 is 5.41 Å². The third kappa shape index (κ3) is 2.75. The highest BCUT2D eigenvalue weighted by Crippen LogP contribution is 2.40. The van der Waals surface area contributed by atoms with Gasteiger partial charge in [-0.15, -0.1) is 0 Å². The van der Waals surface area contributed by atoms with Crippen molar-refractivity contribution in [1.29, 1.82) is 0 Å². The van der Waals surface area contributed by atoms with Gasteiger partial charge in [0.15, 0.2) is 5.78 Å². The van der Waals surface area contributed by atoms with Gasteiger partial charge in [0.2, 0.25) is 6.54 Å². The van der Waals surface area contributed by atoms with Crippen molar-refractivity contribution in [3.63, 3.8) is 0 Å². The highest BCUT2D eigenvalue weighted by atomic mass is 16.6. The molecule has 3 rings (SSSR count). The summed E-state index contributed by atoms with van der Waals surface area (Å²) in [5.41, 5.74) is 3.73. The van der Waals surface area contributed by atoms with E-state index in [-0.39, 0.29) is 23.7 Å². The molecule has 0 bridgehead atoms. The number of nitrogens with zero attached hydrogens (tertiary/aromatic N) is 1. The lowest BCUT2D eigenvalue weighted by atomic mass is 9.68. The maximum atomic E-state index is 12.8. The topological polar surface area (TPSA) is 60.2 Å². The molecular formula is C20H19NO3. The Morgan fingerprint density at radius 3 is 2.46 bits per heavy atom. The first-order valence-corrected chi connectivity index (χ1v) is 7.97. The van der Waals surface area contributed by atoms with Gasteiger partial charge in [-0.3, -0.25) is 14.9 Å². The van der Waals surface area contributed by atoms with E-state index in [1.807, 2.05) is 61.5 Å². The van der Waals surface area contributed by atoms with Gasteiger partial charge in [-0.2, -0.15) is 0 Å². The number of allylic oxidation sites excluding steroid dienone is 1. The minimum absolute atomic E-state index is 0.0259. The minimum atomic E-state index is -0.855. The van der Waals surface area contributed by atoms with Crippen LogP contribution in [0.1, 0.15) is 31.4 Å². The SMILES string of the molecule is CC1=Cc2ccc(-c3ccccc3)cc2[C@@](C)(CC[N+](=O)[O-])C1=O. The number of fused-ring (bicyclic) bond motifs is 1. The summed E-state index contributed by atoms with van der Waals surface area (Å²) in [6.45, 7) is 3.38. The van der Waals surface area contributed by atoms with Gasteiger partial charge in [-0.25, -0.2) is 0 Å². The second-order valence-electron chi connectivity index (χ2n) is 6.46. The molecule has 4 nitrogen and oxygen atoms in total. The fraction of sp³-hybridized carbons (Fsp3) is 0.250. The summed E-state index contributed by atoms with van der Waals surface area (Å²) in [6.07, 6.45) is 2.08. The highest BCUT2D eigenvalue weighted by Gasteiger charge is 2.41. The van der Waals surface area contributed by atoms with Gasteiger partial charge in [0.1, 0.15) is 0 Å². The van der Waals surface area contributed by atoms with Crippen molar-refractivity contribution in [3.8, 4) is 11.1 Å². The number of hydrogen-bond donors (Lipinski definition) is 0. The Hall–Kier alpha value is -2.75. The van der Waals surface area contributed by atoms with E-state index in [0.717, 1.165) is 22.3 Å². The van der Waals surface area contributed by atoms with Crippen molar-refractivity contribution in [2.45, 2.75) is 25.7 Å². The highest BCUT2D eigenvalue weighted by molar-refractivity contribution is 6.09. The first-order valence-electron chi connectivity index (χ1n) is 7.97. The normalized spacial score (nSPS) is 19.6. The van der Waals surface area contributed by atoms with Crippen LogP contribution in [0.2, 0.25) is 0 Å². The van der Waals surface area contributed by atoms with Crippen LogP contribution in [0, 0.1) is 10.1 Å². The largest absolute Gasteiger partial charge is 0.294 e. The Labute approximate surface area is 141 Å². The molecule has 122 valence electrons. The van der Waals surface area contributed by atoms with Crippen LogP contribution in [0.4, 0.5) is 0 Å². The third-order valence-electron chi connectivity index (χ3n) is 4.78. The molecule has 0 aliphatic heterocycles. The molecule has 0 unspecified atom stereocenters. The Morgan fingerprint density at radius 1 is 1.08 bits per heavy atom. The summed E-state index contributed by atoms with van der Waals surface area (Å²) >= 11 is 0. The van der Waals surface area contributed by atoms with E-state index in [4.69, 9.17) is 0 Å². The lowest BCUT2D eigenvalue weighted by molar-refractivity contribution is -0.481. The molecular weight excluding hydrogens is 302 g/mol. The lowest BCUT2D eigenvalue weighted by Crippen LogP contribution is -2.38. The molecule has 24 heavy (non-hydrogen) atoms. The van der Waals surface area contributed by atoms with Crippen LogP contribution in [0.25, 0.3) is 17.2 Å². The molecule has 0 saturated heterocycles. The molecule has 0 amide bonds. The molecule has 2 aromatic rings. The Morgan fingerprint density at radius 2 is 1.79 bits per heavy atom. The standard InChI is InChI=1S/C20H19NO3/c1-14-12-17-9-8-16(15-6-4-3-5-7-15)13-18(17)20(2,19(14)22)10-11-21(23)24/h3-9,12-13H,10-11H2,1-2H3/t20-/m1/s1. The number of ketones is 1. The lowest BCUT2D eigenvalue weighted by Gasteiger charge is -2.33. The van der Waals surface area contributed by atoms with Crippen molar-refractivity contribution in [3.05, 3.63) is 75.3 Å². The van der Waals surface area contributed by atoms with Gasteiger partial charge in [0.25, 0.3) is 0 Å². The Balaban J connectivity index is 2.12. The molecule has 0 radical (unpaired) electrons. The van der Waals surface area contributed by atoms with Crippen LogP contribution in [0.3, 0.4) is 0 Å². The van der Waals surface area contributed by atoms with E-state index in [2.05, 4.69) is 0 Å². The number of benzene rings is 2. The molecule has 0 N–H and O–H groups in total. The van der Waals surface area contributed by atoms with Gasteiger partial charge >= 0.3 is 0 Å². The first kappa shape index (κ1) is 16.1. The molecule has 0 heterocycles. The number of rotatable bonds is 4. The van der Waals surface area contributed by atoms with Crippen LogP contribution in [-0.4, -0.2) is 17.3 Å². The summed E-state index contributed by atoms with van der Waals surface area (Å²) in [5, 5.41) is 10.9. The minimum Gasteiger partial charge on any atom is -0.294 e. The van der Waals surface area contributed by atoms with E-state index >= 15 is 0 Å². The zero-order chi connectivity index (χ0) is 17.3. The van der Waals surface area contributed by atoms with Crippen molar-refractivity contribution in [1.82, 2.24) is 0 Å². The van der Waals surface area contributed by atoms with Crippen molar-refractivity contribution in [2.24, 2.45) is 0 Å². The molecule has 1 aliphatic rings. The van der Waals surface area contributed by atoms with Gasteiger partial charge in [0.05, 0.1) is 5.41 Å². The maximum absolute atomic E-state index is 12.8. The van der Waals surface area contributed by atoms with Crippen molar-refractivity contribution in [2.75, 3.05) is 6.54 Å². The van der Waals surface area contributed by atoms with E-state index in [1.165, 1.54) is 0 Å². The number of carbonyl (C=O) groups excluding carboxylic acids is 1. The van der Waals surface area contributed by atoms with E-state index in [0.29, 0.717) is 5.57 Å².